The highest BCUT2D eigenvalue weighted by atomic mass is 32.2. The Morgan fingerprint density at radius 1 is 0.879 bits per heavy atom. The molecule has 1 atom stereocenters. The lowest BCUT2D eigenvalue weighted by Crippen LogP contribution is -2.27. The normalized spacial score (nSPS) is 12.9. The number of esters is 1. The van der Waals surface area contributed by atoms with Crippen LogP contribution in [0.4, 0.5) is 4.39 Å². The summed E-state index contributed by atoms with van der Waals surface area (Å²) in [5, 5.41) is 2.50. The number of carbonyl (C=O) groups is 1. The van der Waals surface area contributed by atoms with Gasteiger partial charge in [0, 0.05) is 26.8 Å². The summed E-state index contributed by atoms with van der Waals surface area (Å²) in [6.07, 6.45) is 5.66. The number of halogens is 1. The molecule has 2 nitrogen and oxygen atoms in total. The van der Waals surface area contributed by atoms with Crippen LogP contribution in [0.25, 0.3) is 25.1 Å². The molecule has 0 aliphatic rings. The van der Waals surface area contributed by atoms with E-state index in [-0.39, 0.29) is 10.5 Å². The van der Waals surface area contributed by atoms with Gasteiger partial charge in [0.2, 0.25) is 0 Å². The molecule has 33 heavy (non-hydrogen) atoms. The van der Waals surface area contributed by atoms with Crippen molar-refractivity contribution in [2.45, 2.75) is 12.5 Å². The fraction of sp³-hybridized carbons (Fsp3) is 0.0690. The molecule has 0 radical (unpaired) electrons. The van der Waals surface area contributed by atoms with Gasteiger partial charge in [-0.15, -0.1) is 6.42 Å². The number of hydrogen-bond donors (Lipinski definition) is 0. The number of hydrogen-bond acceptors (Lipinski definition) is 2. The topological polar surface area (TPSA) is 26.3 Å². The van der Waals surface area contributed by atoms with Gasteiger partial charge in [0.15, 0.2) is 19.9 Å². The van der Waals surface area contributed by atoms with Crippen LogP contribution < -0.4 is 0 Å². The van der Waals surface area contributed by atoms with E-state index in [4.69, 9.17) is 11.2 Å². The van der Waals surface area contributed by atoms with Gasteiger partial charge in [0.1, 0.15) is 5.82 Å². The predicted octanol–water partition coefficient (Wildman–Crippen LogP) is 7.58. The highest BCUT2D eigenvalue weighted by Crippen LogP contribution is 2.48. The molecule has 0 saturated heterocycles. The summed E-state index contributed by atoms with van der Waals surface area (Å²) in [6, 6.07) is 30.1. The van der Waals surface area contributed by atoms with Crippen LogP contribution in [-0.2, 0) is 10.3 Å². The summed E-state index contributed by atoms with van der Waals surface area (Å²) in [4.78, 5) is 14.0. The minimum absolute atomic E-state index is 0.241. The minimum atomic E-state index is -1.37. The van der Waals surface area contributed by atoms with Gasteiger partial charge in [0.05, 0.1) is 5.56 Å². The lowest BCUT2D eigenvalue weighted by atomic mass is 9.96. The van der Waals surface area contributed by atoms with Gasteiger partial charge in [0.25, 0.3) is 0 Å². The summed E-state index contributed by atoms with van der Waals surface area (Å²) in [5.74, 6) is 1.50. The Kier molecular flexibility index (Phi) is 5.20. The Morgan fingerprint density at radius 2 is 1.48 bits per heavy atom. The van der Waals surface area contributed by atoms with E-state index in [1.807, 2.05) is 12.1 Å². The van der Waals surface area contributed by atoms with Crippen molar-refractivity contribution in [2.24, 2.45) is 0 Å². The van der Waals surface area contributed by atoms with Crippen molar-refractivity contribution in [1.82, 2.24) is 0 Å². The van der Waals surface area contributed by atoms with E-state index in [2.05, 4.69) is 54.5 Å². The van der Waals surface area contributed by atoms with Crippen molar-refractivity contribution in [3.05, 3.63) is 114 Å². The maximum atomic E-state index is 13.7. The maximum Gasteiger partial charge on any atom is 0.339 e. The molecule has 0 aliphatic carbocycles. The SMILES string of the molecule is C#CC(C)(OC(=O)c1ccc(-[s+]2c3ccccc3c3ccccc32)cc1)c1cccc(F)c1. The molecule has 0 N–H and O–H groups in total. The molecule has 0 spiro atoms. The van der Waals surface area contributed by atoms with Crippen LogP contribution in [0.1, 0.15) is 22.8 Å². The third-order valence-corrected chi connectivity index (χ3v) is 8.11. The van der Waals surface area contributed by atoms with Gasteiger partial charge in [-0.1, -0.05) is 42.3 Å². The maximum absolute atomic E-state index is 13.7. The van der Waals surface area contributed by atoms with Crippen LogP contribution in [0.5, 0.6) is 0 Å². The second kappa shape index (κ2) is 8.20. The van der Waals surface area contributed by atoms with Crippen LogP contribution >= 0.6 is 10.5 Å². The summed E-state index contributed by atoms with van der Waals surface area (Å²) < 4.78 is 21.9. The van der Waals surface area contributed by atoms with Crippen LogP contribution in [0, 0.1) is 18.2 Å². The molecule has 5 aromatic rings. The highest BCUT2D eigenvalue weighted by molar-refractivity contribution is 7.50. The molecule has 4 heteroatoms. The Bertz CT molecular complexity index is 1490. The zero-order valence-corrected chi connectivity index (χ0v) is 18.7. The van der Waals surface area contributed by atoms with Crippen LogP contribution in [0.3, 0.4) is 0 Å². The molecule has 4 aromatic carbocycles. The van der Waals surface area contributed by atoms with E-state index in [1.54, 1.807) is 31.2 Å². The first-order valence-electron chi connectivity index (χ1n) is 10.5. The number of benzene rings is 4. The number of fused-ring (bicyclic) bond motifs is 3. The number of rotatable bonds is 4. The van der Waals surface area contributed by atoms with Crippen molar-refractivity contribution in [3.63, 3.8) is 0 Å². The molecule has 1 heterocycles. The van der Waals surface area contributed by atoms with Crippen molar-refractivity contribution >= 4 is 36.6 Å². The molecular formula is C29H20FO2S+. The van der Waals surface area contributed by atoms with Gasteiger partial charge in [-0.3, -0.25) is 0 Å². The first-order valence-corrected chi connectivity index (χ1v) is 11.7. The molecule has 0 fully saturated rings. The predicted molar refractivity (Wildman–Crippen MR) is 133 cm³/mol. The third-order valence-electron chi connectivity index (χ3n) is 5.78. The summed E-state index contributed by atoms with van der Waals surface area (Å²) >= 11 is 0. The van der Waals surface area contributed by atoms with Crippen LogP contribution in [0.2, 0.25) is 0 Å². The molecule has 0 bridgehead atoms. The van der Waals surface area contributed by atoms with Gasteiger partial charge >= 0.3 is 5.97 Å². The average molecular weight is 452 g/mol. The number of ether oxygens (including phenoxy) is 1. The number of terminal acetylenes is 1. The van der Waals surface area contributed by atoms with E-state index in [0.29, 0.717) is 11.1 Å². The van der Waals surface area contributed by atoms with Gasteiger partial charge in [-0.05, 0) is 67.6 Å². The Labute approximate surface area is 194 Å². The van der Waals surface area contributed by atoms with E-state index < -0.39 is 17.4 Å². The number of carbonyl (C=O) groups excluding carboxylic acids is 1. The average Bonchev–Trinajstić information content (AvgIpc) is 3.18. The largest absolute Gasteiger partial charge is 0.438 e. The Morgan fingerprint density at radius 3 is 2.06 bits per heavy atom. The first-order chi connectivity index (χ1) is 16.0. The number of thiophene rings is 1. The molecular weight excluding hydrogens is 431 g/mol. The Balaban J connectivity index is 1.49. The zero-order valence-electron chi connectivity index (χ0n) is 17.9. The van der Waals surface area contributed by atoms with Gasteiger partial charge < -0.3 is 4.74 Å². The van der Waals surface area contributed by atoms with E-state index in [0.717, 1.165) is 4.90 Å². The smallest absolute Gasteiger partial charge is 0.339 e. The van der Waals surface area contributed by atoms with Gasteiger partial charge in [-0.25, -0.2) is 9.18 Å². The van der Waals surface area contributed by atoms with Gasteiger partial charge in [-0.2, -0.15) is 0 Å². The second-order valence-corrected chi connectivity index (χ2v) is 9.86. The molecule has 5 rings (SSSR count). The third kappa shape index (κ3) is 3.67. The molecule has 0 saturated carbocycles. The molecule has 1 aromatic heterocycles. The fourth-order valence-electron chi connectivity index (χ4n) is 4.04. The van der Waals surface area contributed by atoms with E-state index >= 15 is 0 Å². The zero-order chi connectivity index (χ0) is 23.0. The molecule has 160 valence electrons. The molecule has 0 aliphatic heterocycles. The summed E-state index contributed by atoms with van der Waals surface area (Å²) in [6.45, 7) is 1.59. The van der Waals surface area contributed by atoms with E-state index in [9.17, 15) is 9.18 Å². The standard InChI is InChI=1S/C29H20FO2S/c1-3-29(2,21-9-8-10-22(30)19-21)32-28(31)20-15-17-23(18-16-20)33-26-13-6-4-11-24(26)25-12-5-7-14-27(25)33/h1,4-19H,2H3/q+1. The summed E-state index contributed by atoms with van der Waals surface area (Å²) in [7, 11) is -0.241. The second-order valence-electron chi connectivity index (χ2n) is 7.90. The molecule has 1 unspecified atom stereocenters. The van der Waals surface area contributed by atoms with Crippen LogP contribution in [-0.4, -0.2) is 5.97 Å². The lowest BCUT2D eigenvalue weighted by Gasteiger charge is -2.24. The van der Waals surface area contributed by atoms with Crippen molar-refractivity contribution < 1.29 is 13.9 Å². The van der Waals surface area contributed by atoms with Crippen molar-refractivity contribution in [3.8, 4) is 17.2 Å². The summed E-state index contributed by atoms with van der Waals surface area (Å²) in [5.41, 5.74) is -0.570. The highest BCUT2D eigenvalue weighted by Gasteiger charge is 2.30. The lowest BCUT2D eigenvalue weighted by molar-refractivity contribution is 0.0128. The molecule has 0 amide bonds. The van der Waals surface area contributed by atoms with Crippen molar-refractivity contribution in [1.29, 1.82) is 0 Å². The first kappa shape index (κ1) is 20.9. The van der Waals surface area contributed by atoms with E-state index in [1.165, 1.54) is 32.3 Å². The van der Waals surface area contributed by atoms with Crippen molar-refractivity contribution in [2.75, 3.05) is 0 Å². The fourth-order valence-corrected chi connectivity index (χ4v) is 6.41. The minimum Gasteiger partial charge on any atom is -0.438 e. The van der Waals surface area contributed by atoms with Crippen LogP contribution in [0.15, 0.2) is 97.1 Å². The Hall–Kier alpha value is -3.94. The quantitative estimate of drug-likeness (QED) is 0.160. The monoisotopic (exact) mass is 451 g/mol.